The maximum atomic E-state index is 9.56. The molecule has 4 heterocycles. The van der Waals surface area contributed by atoms with Gasteiger partial charge in [0, 0.05) is 40.9 Å². The van der Waals surface area contributed by atoms with E-state index in [-0.39, 0.29) is 31.9 Å². The van der Waals surface area contributed by atoms with Crippen LogP contribution in [0.2, 0.25) is 0 Å². The predicted octanol–water partition coefficient (Wildman–Crippen LogP) is 10.7. The average Bonchev–Trinajstić information content (AvgIpc) is 3.88. The summed E-state index contributed by atoms with van der Waals surface area (Å²) < 4.78 is 31.2. The van der Waals surface area contributed by atoms with E-state index < -0.39 is 6.37 Å². The van der Waals surface area contributed by atoms with Crippen molar-refractivity contribution in [2.75, 3.05) is 0 Å². The van der Waals surface area contributed by atoms with Crippen molar-refractivity contribution >= 4 is 43.8 Å². The zero-order valence-electron chi connectivity index (χ0n) is 32.6. The normalized spacial score (nSPS) is 13.1. The van der Waals surface area contributed by atoms with Gasteiger partial charge in [0.25, 0.3) is 6.33 Å². The first-order chi connectivity index (χ1) is 25.8. The summed E-state index contributed by atoms with van der Waals surface area (Å²) in [5, 5.41) is 2.92. The number of hydrogen-bond donors (Lipinski definition) is 0. The van der Waals surface area contributed by atoms with Crippen molar-refractivity contribution in [1.82, 2.24) is 14.1 Å². The quantitative estimate of drug-likeness (QED) is 0.128. The number of fused-ring (bicyclic) bond motifs is 5. The van der Waals surface area contributed by atoms with Crippen molar-refractivity contribution in [3.8, 4) is 17.2 Å². The first-order valence-corrected chi connectivity index (χ1v) is 17.7. The molecule has 5 aromatic carbocycles. The molecule has 0 aliphatic heterocycles. The fourth-order valence-corrected chi connectivity index (χ4v) is 7.07. The van der Waals surface area contributed by atoms with Gasteiger partial charge in [0.2, 0.25) is 0 Å². The van der Waals surface area contributed by atoms with Crippen LogP contribution in [0.5, 0.6) is 0 Å². The minimum atomic E-state index is -1.93. The molecule has 0 unspecified atom stereocenters. The van der Waals surface area contributed by atoms with E-state index in [4.69, 9.17) is 9.40 Å². The maximum absolute atomic E-state index is 9.56. The molecule has 6 heteroatoms. The molecule has 0 saturated carbocycles. The number of pyridine rings is 1. The number of rotatable bonds is 5. The number of imidazole rings is 1. The van der Waals surface area contributed by atoms with Crippen LogP contribution in [0.3, 0.4) is 0 Å². The second-order valence-electron chi connectivity index (χ2n) is 15.6. The second kappa shape index (κ2) is 13.0. The molecule has 0 aliphatic rings. The molecular formula is C47H40N4OPt-2. The van der Waals surface area contributed by atoms with Crippen LogP contribution >= 0.6 is 0 Å². The van der Waals surface area contributed by atoms with Gasteiger partial charge >= 0.3 is 0 Å². The van der Waals surface area contributed by atoms with Gasteiger partial charge in [0.05, 0.1) is 23.0 Å². The van der Waals surface area contributed by atoms with Gasteiger partial charge in [0.1, 0.15) is 0 Å². The van der Waals surface area contributed by atoms with Gasteiger partial charge in [-0.25, -0.2) is 4.98 Å². The van der Waals surface area contributed by atoms with Crippen LogP contribution in [0.25, 0.3) is 61.0 Å². The van der Waals surface area contributed by atoms with E-state index >= 15 is 0 Å². The monoisotopic (exact) mass is 873 g/mol. The molecule has 0 spiro atoms. The Kier molecular flexibility index (Phi) is 7.95. The Hall–Kier alpha value is -5.25. The van der Waals surface area contributed by atoms with Gasteiger partial charge in [-0.05, 0) is 69.7 Å². The van der Waals surface area contributed by atoms with Gasteiger partial charge in [-0.15, -0.1) is 5.39 Å². The van der Waals surface area contributed by atoms with Crippen molar-refractivity contribution in [3.05, 3.63) is 162 Å². The maximum Gasteiger partial charge on any atom is 0.268 e. The largest absolute Gasteiger partial charge is 0.460 e. The summed E-state index contributed by atoms with van der Waals surface area (Å²) in [4.78, 5) is 4.74. The third kappa shape index (κ3) is 6.11. The molecule has 9 aromatic rings. The van der Waals surface area contributed by atoms with Crippen molar-refractivity contribution in [2.24, 2.45) is 0 Å². The van der Waals surface area contributed by atoms with Crippen LogP contribution in [-0.2, 0) is 38.3 Å². The fraction of sp³-hybridized carbons (Fsp3) is 0.191. The van der Waals surface area contributed by atoms with E-state index in [0.29, 0.717) is 28.2 Å². The summed E-state index contributed by atoms with van der Waals surface area (Å²) in [7, 11) is 0. The van der Waals surface area contributed by atoms with Crippen molar-refractivity contribution in [2.45, 2.75) is 58.7 Å². The zero-order chi connectivity index (χ0) is 37.6. The van der Waals surface area contributed by atoms with Gasteiger partial charge in [-0.2, -0.15) is 53.6 Å². The van der Waals surface area contributed by atoms with Crippen LogP contribution in [-0.4, -0.2) is 14.1 Å². The Morgan fingerprint density at radius 1 is 0.736 bits per heavy atom. The smallest absolute Gasteiger partial charge is 0.268 e. The molecule has 266 valence electrons. The molecular weight excluding hydrogens is 832 g/mol. The standard InChI is InChI=1S/C47H40N4O.Pt/c1-46(2,3)34-27-35(47(4,5)6)29-37(28-34)50-30-49(41-16-9-10-17-42(41)50)36-13-11-12-31(25-36)24-32-18-19-39-38-14-7-8-15-40(38)51(43(39)26-32)45-44-33(20-22-48-45)21-23-52-44;/h7-23,27-29H,24H2,1-6H3;/q-2;/i24D2;. The van der Waals surface area contributed by atoms with Crippen LogP contribution in [0, 0.1) is 18.5 Å². The molecule has 53 heavy (non-hydrogen) atoms. The molecule has 0 fully saturated rings. The van der Waals surface area contributed by atoms with Gasteiger partial charge in [0.15, 0.2) is 11.4 Å². The SMILES string of the molecule is [2H]C([2H])(c1[c-]c(-n2[c-][n+](-c3cc(C(C)(C)C)cc(C(C)(C)C)c3)c3ccccc32)ccc1)c1[c-]c2c(cc1)c1ccccc1n2-c1nccc2ccoc12.[Pt]. The molecule has 0 atom stereocenters. The molecule has 0 N–H and O–H groups in total. The third-order valence-electron chi connectivity index (χ3n) is 9.91. The van der Waals surface area contributed by atoms with Crippen LogP contribution < -0.4 is 4.57 Å². The number of benzene rings is 5. The number of furan rings is 1. The molecule has 0 saturated heterocycles. The molecule has 0 radical (unpaired) electrons. The summed E-state index contributed by atoms with van der Waals surface area (Å²) >= 11 is 0. The Morgan fingerprint density at radius 3 is 2.23 bits per heavy atom. The first kappa shape index (κ1) is 32.4. The number of para-hydroxylation sites is 3. The van der Waals surface area contributed by atoms with Crippen LogP contribution in [0.15, 0.2) is 126 Å². The van der Waals surface area contributed by atoms with E-state index in [0.717, 1.165) is 43.9 Å². The first-order valence-electron chi connectivity index (χ1n) is 18.7. The van der Waals surface area contributed by atoms with Crippen molar-refractivity contribution in [1.29, 1.82) is 0 Å². The van der Waals surface area contributed by atoms with Crippen molar-refractivity contribution in [3.63, 3.8) is 0 Å². The average molecular weight is 874 g/mol. The third-order valence-corrected chi connectivity index (χ3v) is 9.91. The zero-order valence-corrected chi connectivity index (χ0v) is 32.8. The van der Waals surface area contributed by atoms with E-state index in [1.165, 1.54) is 11.1 Å². The summed E-state index contributed by atoms with van der Waals surface area (Å²) in [6, 6.07) is 43.5. The molecule has 4 aromatic heterocycles. The summed E-state index contributed by atoms with van der Waals surface area (Å²) in [5.74, 6) is 0.636. The minimum absolute atomic E-state index is 0. The van der Waals surface area contributed by atoms with E-state index in [2.05, 4.69) is 101 Å². The Morgan fingerprint density at radius 2 is 1.45 bits per heavy atom. The molecule has 5 nitrogen and oxygen atoms in total. The molecule has 0 aliphatic carbocycles. The second-order valence-corrected chi connectivity index (χ2v) is 15.6. The van der Waals surface area contributed by atoms with E-state index in [9.17, 15) is 2.74 Å². The topological polar surface area (TPSA) is 39.8 Å². The summed E-state index contributed by atoms with van der Waals surface area (Å²) in [5.41, 5.74) is 9.22. The van der Waals surface area contributed by atoms with Gasteiger partial charge in [-0.3, -0.25) is 4.57 Å². The minimum Gasteiger partial charge on any atom is -0.460 e. The summed E-state index contributed by atoms with van der Waals surface area (Å²) in [6.07, 6.45) is 5.13. The number of nitrogens with zero attached hydrogens (tertiary/aromatic N) is 4. The van der Waals surface area contributed by atoms with E-state index in [1.54, 1.807) is 18.5 Å². The van der Waals surface area contributed by atoms with Crippen LogP contribution in [0.4, 0.5) is 0 Å². The Labute approximate surface area is 327 Å². The number of hydrogen-bond acceptors (Lipinski definition) is 2. The van der Waals surface area contributed by atoms with Crippen LogP contribution in [0.1, 0.15) is 66.5 Å². The van der Waals surface area contributed by atoms with E-state index in [1.807, 2.05) is 75.9 Å². The molecule has 0 bridgehead atoms. The molecule has 0 amide bonds. The fourth-order valence-electron chi connectivity index (χ4n) is 7.07. The molecule has 9 rings (SSSR count). The summed E-state index contributed by atoms with van der Waals surface area (Å²) in [6.45, 7) is 13.5. The van der Waals surface area contributed by atoms with Gasteiger partial charge in [-0.1, -0.05) is 95.6 Å². The Bertz CT molecular complexity index is 2870. The predicted molar refractivity (Wildman–Crippen MR) is 210 cm³/mol. The number of aromatic nitrogens is 4. The van der Waals surface area contributed by atoms with Crippen molar-refractivity contribution < 1.29 is 32.8 Å². The van der Waals surface area contributed by atoms with Gasteiger partial charge < -0.3 is 13.6 Å². The Balaban J connectivity index is 0.00000427.